The molecule has 168 valence electrons. The maximum atomic E-state index is 12.0. The van der Waals surface area contributed by atoms with Crippen LogP contribution in [-0.4, -0.2) is 53.6 Å². The third-order valence-electron chi connectivity index (χ3n) is 6.45. The number of ether oxygens (including phenoxy) is 2. The van der Waals surface area contributed by atoms with E-state index >= 15 is 0 Å². The zero-order chi connectivity index (χ0) is 22.0. The van der Waals surface area contributed by atoms with Gasteiger partial charge in [-0.2, -0.15) is 5.10 Å². The predicted molar refractivity (Wildman–Crippen MR) is 120 cm³/mol. The Morgan fingerprint density at radius 2 is 1.94 bits per heavy atom. The van der Waals surface area contributed by atoms with Crippen LogP contribution in [0.1, 0.15) is 57.3 Å². The highest BCUT2D eigenvalue weighted by Gasteiger charge is 2.36. The summed E-state index contributed by atoms with van der Waals surface area (Å²) >= 11 is 0. The fourth-order valence-corrected chi connectivity index (χ4v) is 4.87. The number of likely N-dealkylation sites (tertiary alicyclic amines) is 1. The molecule has 2 heterocycles. The molecule has 0 bridgehead atoms. The highest BCUT2D eigenvalue weighted by molar-refractivity contribution is 5.67. The second-order valence-corrected chi connectivity index (χ2v) is 9.38. The van der Waals surface area contributed by atoms with Crippen molar-refractivity contribution in [2.75, 3.05) is 26.8 Å². The second-order valence-electron chi connectivity index (χ2n) is 9.38. The van der Waals surface area contributed by atoms with Crippen LogP contribution in [0.5, 0.6) is 5.75 Å². The fourth-order valence-electron chi connectivity index (χ4n) is 4.87. The lowest BCUT2D eigenvalue weighted by Gasteiger charge is -2.39. The third-order valence-corrected chi connectivity index (χ3v) is 6.45. The third kappa shape index (κ3) is 4.71. The Bertz CT molecular complexity index is 898. The predicted octanol–water partition coefficient (Wildman–Crippen LogP) is 4.10. The van der Waals surface area contributed by atoms with Crippen LogP contribution in [0.3, 0.4) is 0 Å². The Morgan fingerprint density at radius 3 is 2.58 bits per heavy atom. The Morgan fingerprint density at radius 1 is 1.23 bits per heavy atom. The first-order valence-corrected chi connectivity index (χ1v) is 11.3. The summed E-state index contributed by atoms with van der Waals surface area (Å²) in [5.41, 5.74) is 3.81. The van der Waals surface area contributed by atoms with Crippen LogP contribution in [0, 0.1) is 5.41 Å². The van der Waals surface area contributed by atoms with E-state index in [4.69, 9.17) is 14.6 Å². The molecule has 0 unspecified atom stereocenters. The SMILES string of the molecule is CCOC(=O)N1CCC(N[C@H]2CC(C)(C)Cc3c2cnn3-c2ccc(OC)cc2)CC1. The number of hydrogen-bond donors (Lipinski definition) is 1. The topological polar surface area (TPSA) is 68.6 Å². The van der Waals surface area contributed by atoms with Crippen molar-refractivity contribution < 1.29 is 14.3 Å². The molecule has 1 saturated heterocycles. The zero-order valence-corrected chi connectivity index (χ0v) is 19.1. The number of rotatable bonds is 5. The molecule has 1 amide bonds. The minimum atomic E-state index is -0.192. The number of carbonyl (C=O) groups is 1. The number of amides is 1. The number of hydrogen-bond acceptors (Lipinski definition) is 5. The largest absolute Gasteiger partial charge is 0.497 e. The number of nitrogens with zero attached hydrogens (tertiary/aromatic N) is 3. The van der Waals surface area contributed by atoms with E-state index in [1.165, 1.54) is 11.3 Å². The first kappa shape index (κ1) is 21.7. The van der Waals surface area contributed by atoms with Gasteiger partial charge < -0.3 is 19.7 Å². The summed E-state index contributed by atoms with van der Waals surface area (Å²) in [5, 5.41) is 8.65. The molecule has 0 saturated carbocycles. The smallest absolute Gasteiger partial charge is 0.409 e. The number of fused-ring (bicyclic) bond motifs is 1. The Labute approximate surface area is 184 Å². The highest BCUT2D eigenvalue weighted by Crippen LogP contribution is 2.42. The Hall–Kier alpha value is -2.54. The second kappa shape index (κ2) is 8.91. The summed E-state index contributed by atoms with van der Waals surface area (Å²) < 4.78 is 12.5. The van der Waals surface area contributed by atoms with Gasteiger partial charge in [0.25, 0.3) is 0 Å². The van der Waals surface area contributed by atoms with Gasteiger partial charge in [-0.15, -0.1) is 0 Å². The molecule has 0 radical (unpaired) electrons. The summed E-state index contributed by atoms with van der Waals surface area (Å²) in [7, 11) is 1.68. The molecule has 7 nitrogen and oxygen atoms in total. The van der Waals surface area contributed by atoms with Crippen LogP contribution in [0.4, 0.5) is 4.79 Å². The number of aromatic nitrogens is 2. The number of carbonyl (C=O) groups excluding carboxylic acids is 1. The zero-order valence-electron chi connectivity index (χ0n) is 19.1. The molecule has 2 aromatic rings. The molecule has 7 heteroatoms. The highest BCUT2D eigenvalue weighted by atomic mass is 16.6. The quantitative estimate of drug-likeness (QED) is 0.779. The molecule has 1 aromatic heterocycles. The van der Waals surface area contributed by atoms with Gasteiger partial charge in [-0.05, 0) is 62.3 Å². The van der Waals surface area contributed by atoms with Crippen LogP contribution in [0.15, 0.2) is 30.5 Å². The summed E-state index contributed by atoms with van der Waals surface area (Å²) in [6.45, 7) is 8.42. The van der Waals surface area contributed by atoms with Gasteiger partial charge >= 0.3 is 6.09 Å². The molecular weight excluding hydrogens is 392 g/mol. The molecule has 1 atom stereocenters. The van der Waals surface area contributed by atoms with Crippen molar-refractivity contribution in [3.63, 3.8) is 0 Å². The first-order valence-electron chi connectivity index (χ1n) is 11.3. The molecular formula is C24H34N4O3. The first-order chi connectivity index (χ1) is 14.9. The van der Waals surface area contributed by atoms with E-state index in [2.05, 4.69) is 36.0 Å². The summed E-state index contributed by atoms with van der Waals surface area (Å²) in [6.07, 6.45) is 5.79. The van der Waals surface area contributed by atoms with Gasteiger partial charge in [0.15, 0.2) is 0 Å². The molecule has 0 spiro atoms. The van der Waals surface area contributed by atoms with Crippen molar-refractivity contribution in [1.82, 2.24) is 20.0 Å². The number of benzene rings is 1. The van der Waals surface area contributed by atoms with Gasteiger partial charge in [-0.1, -0.05) is 13.8 Å². The molecule has 1 fully saturated rings. The number of methoxy groups -OCH3 is 1. The van der Waals surface area contributed by atoms with Gasteiger partial charge in [-0.3, -0.25) is 0 Å². The van der Waals surface area contributed by atoms with E-state index in [-0.39, 0.29) is 17.6 Å². The lowest BCUT2D eigenvalue weighted by molar-refractivity contribution is 0.0931. The molecule has 1 aliphatic heterocycles. The van der Waals surface area contributed by atoms with Crippen molar-refractivity contribution >= 4 is 6.09 Å². The van der Waals surface area contributed by atoms with Crippen molar-refractivity contribution in [3.8, 4) is 11.4 Å². The van der Waals surface area contributed by atoms with E-state index in [0.29, 0.717) is 12.6 Å². The maximum Gasteiger partial charge on any atom is 0.409 e. The van der Waals surface area contributed by atoms with Crippen LogP contribution < -0.4 is 10.1 Å². The van der Waals surface area contributed by atoms with Crippen LogP contribution in [0.25, 0.3) is 5.69 Å². The van der Waals surface area contributed by atoms with Crippen molar-refractivity contribution in [2.45, 2.75) is 58.5 Å². The van der Waals surface area contributed by atoms with Gasteiger partial charge in [0, 0.05) is 36.4 Å². The van der Waals surface area contributed by atoms with Crippen LogP contribution >= 0.6 is 0 Å². The average molecular weight is 427 g/mol. The molecule has 1 aliphatic carbocycles. The minimum absolute atomic E-state index is 0.181. The lowest BCUT2D eigenvalue weighted by atomic mass is 9.74. The minimum Gasteiger partial charge on any atom is -0.497 e. The summed E-state index contributed by atoms with van der Waals surface area (Å²) in [5.74, 6) is 0.846. The van der Waals surface area contributed by atoms with E-state index < -0.39 is 0 Å². The van der Waals surface area contributed by atoms with E-state index in [1.807, 2.05) is 30.2 Å². The standard InChI is InChI=1S/C24H34N4O3/c1-5-31-23(29)27-12-10-17(11-13-27)26-21-14-24(2,3)15-22-20(21)16-25-28(22)18-6-8-19(30-4)9-7-18/h6-9,16-17,21,26H,5,10-15H2,1-4H3/t21-/m0/s1. The van der Waals surface area contributed by atoms with E-state index in [1.54, 1.807) is 7.11 Å². The molecule has 2 aliphatic rings. The molecule has 31 heavy (non-hydrogen) atoms. The van der Waals surface area contributed by atoms with Crippen molar-refractivity contribution in [3.05, 3.63) is 41.7 Å². The van der Waals surface area contributed by atoms with Gasteiger partial charge in [-0.25, -0.2) is 9.48 Å². The van der Waals surface area contributed by atoms with E-state index in [0.717, 1.165) is 50.2 Å². The maximum absolute atomic E-state index is 12.0. The van der Waals surface area contributed by atoms with Crippen LogP contribution in [-0.2, 0) is 11.2 Å². The molecule has 4 rings (SSSR count). The number of piperidine rings is 1. The Balaban J connectivity index is 1.49. The van der Waals surface area contributed by atoms with Crippen molar-refractivity contribution in [2.24, 2.45) is 5.41 Å². The lowest BCUT2D eigenvalue weighted by Crippen LogP contribution is -2.47. The average Bonchev–Trinajstić information content (AvgIpc) is 3.17. The van der Waals surface area contributed by atoms with Gasteiger partial charge in [0.2, 0.25) is 0 Å². The fraction of sp³-hybridized carbons (Fsp3) is 0.583. The van der Waals surface area contributed by atoms with E-state index in [9.17, 15) is 4.79 Å². The van der Waals surface area contributed by atoms with Crippen LogP contribution in [0.2, 0.25) is 0 Å². The molecule has 1 aromatic carbocycles. The number of nitrogens with one attached hydrogen (secondary N) is 1. The van der Waals surface area contributed by atoms with Crippen molar-refractivity contribution in [1.29, 1.82) is 0 Å². The normalized spacial score (nSPS) is 20.9. The Kier molecular flexibility index (Phi) is 6.23. The van der Waals surface area contributed by atoms with Gasteiger partial charge in [0.1, 0.15) is 5.75 Å². The monoisotopic (exact) mass is 426 g/mol. The summed E-state index contributed by atoms with van der Waals surface area (Å²) in [6, 6.07) is 8.73. The summed E-state index contributed by atoms with van der Waals surface area (Å²) in [4.78, 5) is 13.8. The molecule has 1 N–H and O–H groups in total. The van der Waals surface area contributed by atoms with Gasteiger partial charge in [0.05, 0.1) is 25.6 Å².